The Labute approximate surface area is 151 Å². The van der Waals surface area contributed by atoms with Crippen LogP contribution in [-0.2, 0) is 20.7 Å². The largest absolute Gasteiger partial charge is 0.455 e. The summed E-state index contributed by atoms with van der Waals surface area (Å²) in [6, 6.07) is 6.94. The number of benzene rings is 1. The fourth-order valence-electron chi connectivity index (χ4n) is 3.59. The highest BCUT2D eigenvalue weighted by atomic mass is 16.5. The molecule has 3 rings (SSSR count). The number of carbonyl (C=O) groups excluding carboxylic acids is 2. The van der Waals surface area contributed by atoms with Gasteiger partial charge in [0, 0.05) is 18.5 Å². The number of amides is 1. The minimum Gasteiger partial charge on any atom is -0.455 e. The van der Waals surface area contributed by atoms with Crippen molar-refractivity contribution < 1.29 is 14.3 Å². The SMILES string of the molecule is C[C@@H]1C[C@@H](C)CN(C(=O)COC(=O)Cc2n[nH]c(=O)c3ccccc23)C1. The van der Waals surface area contributed by atoms with Crippen molar-refractivity contribution in [2.24, 2.45) is 11.8 Å². The maximum atomic E-state index is 12.3. The first-order chi connectivity index (χ1) is 12.4. The molecule has 1 fully saturated rings. The number of esters is 1. The topological polar surface area (TPSA) is 92.4 Å². The van der Waals surface area contributed by atoms with Gasteiger partial charge in [0.1, 0.15) is 0 Å². The van der Waals surface area contributed by atoms with Crippen LogP contribution in [0.3, 0.4) is 0 Å². The van der Waals surface area contributed by atoms with Crippen LogP contribution in [0.25, 0.3) is 10.8 Å². The van der Waals surface area contributed by atoms with Gasteiger partial charge in [-0.05, 0) is 24.3 Å². The first-order valence-corrected chi connectivity index (χ1v) is 8.83. The van der Waals surface area contributed by atoms with Crippen LogP contribution < -0.4 is 5.56 Å². The number of carbonyl (C=O) groups is 2. The van der Waals surface area contributed by atoms with Gasteiger partial charge in [-0.25, -0.2) is 5.10 Å². The number of hydrogen-bond acceptors (Lipinski definition) is 5. The van der Waals surface area contributed by atoms with E-state index in [0.29, 0.717) is 41.4 Å². The summed E-state index contributed by atoms with van der Waals surface area (Å²) in [5, 5.41) is 7.42. The molecular weight excluding hydrogens is 334 g/mol. The quantitative estimate of drug-likeness (QED) is 0.838. The second-order valence-electron chi connectivity index (χ2n) is 7.13. The van der Waals surface area contributed by atoms with Gasteiger partial charge >= 0.3 is 5.97 Å². The molecule has 1 amide bonds. The molecule has 0 radical (unpaired) electrons. The summed E-state index contributed by atoms with van der Waals surface area (Å²) in [5.74, 6) is 0.197. The summed E-state index contributed by atoms with van der Waals surface area (Å²) < 4.78 is 5.15. The highest BCUT2D eigenvalue weighted by Crippen LogP contribution is 2.21. The van der Waals surface area contributed by atoms with Gasteiger partial charge in [0.2, 0.25) is 0 Å². The van der Waals surface area contributed by atoms with Crippen LogP contribution in [0.15, 0.2) is 29.1 Å². The molecule has 0 unspecified atom stereocenters. The van der Waals surface area contributed by atoms with E-state index in [1.807, 2.05) is 0 Å². The Morgan fingerprint density at radius 2 is 1.85 bits per heavy atom. The molecule has 2 aromatic rings. The summed E-state index contributed by atoms with van der Waals surface area (Å²) in [6.07, 6.45) is 1.01. The van der Waals surface area contributed by atoms with Crippen LogP contribution in [0.5, 0.6) is 0 Å². The van der Waals surface area contributed by atoms with Crippen LogP contribution in [0.1, 0.15) is 26.0 Å². The molecular formula is C19H23N3O4. The van der Waals surface area contributed by atoms with Crippen molar-refractivity contribution in [1.82, 2.24) is 15.1 Å². The Morgan fingerprint density at radius 3 is 2.54 bits per heavy atom. The van der Waals surface area contributed by atoms with E-state index >= 15 is 0 Å². The van der Waals surface area contributed by atoms with Gasteiger partial charge in [0.05, 0.1) is 17.5 Å². The molecule has 1 aromatic heterocycles. The second kappa shape index (κ2) is 7.68. The van der Waals surface area contributed by atoms with Crippen molar-refractivity contribution in [2.45, 2.75) is 26.7 Å². The van der Waals surface area contributed by atoms with Crippen molar-refractivity contribution in [3.8, 4) is 0 Å². The molecule has 138 valence electrons. The molecule has 1 aliphatic heterocycles. The van der Waals surface area contributed by atoms with Crippen LogP contribution >= 0.6 is 0 Å². The van der Waals surface area contributed by atoms with Gasteiger partial charge in [-0.15, -0.1) is 0 Å². The highest BCUT2D eigenvalue weighted by Gasteiger charge is 2.26. The third-order valence-electron chi connectivity index (χ3n) is 4.66. The molecule has 0 aliphatic carbocycles. The van der Waals surface area contributed by atoms with E-state index in [0.717, 1.165) is 6.42 Å². The van der Waals surface area contributed by atoms with E-state index in [-0.39, 0.29) is 24.5 Å². The zero-order valence-electron chi connectivity index (χ0n) is 15.0. The van der Waals surface area contributed by atoms with Gasteiger partial charge in [-0.2, -0.15) is 5.10 Å². The Hall–Kier alpha value is -2.70. The van der Waals surface area contributed by atoms with Crippen LogP contribution in [0.4, 0.5) is 0 Å². The Morgan fingerprint density at radius 1 is 1.19 bits per heavy atom. The molecule has 7 nitrogen and oxygen atoms in total. The third-order valence-corrected chi connectivity index (χ3v) is 4.66. The number of likely N-dealkylation sites (tertiary alicyclic amines) is 1. The minimum absolute atomic E-state index is 0.0998. The van der Waals surface area contributed by atoms with Gasteiger partial charge < -0.3 is 9.64 Å². The fourth-order valence-corrected chi connectivity index (χ4v) is 3.59. The number of ether oxygens (including phenoxy) is 1. The molecule has 0 spiro atoms. The second-order valence-corrected chi connectivity index (χ2v) is 7.13. The number of piperidine rings is 1. The average molecular weight is 357 g/mol. The van der Waals surface area contributed by atoms with Crippen molar-refractivity contribution in [3.05, 3.63) is 40.3 Å². The highest BCUT2D eigenvalue weighted by molar-refractivity contribution is 5.87. The van der Waals surface area contributed by atoms with Crippen LogP contribution in [0, 0.1) is 11.8 Å². The molecule has 26 heavy (non-hydrogen) atoms. The van der Waals surface area contributed by atoms with E-state index in [9.17, 15) is 14.4 Å². The van der Waals surface area contributed by atoms with E-state index in [1.165, 1.54) is 0 Å². The predicted molar refractivity (Wildman–Crippen MR) is 96.6 cm³/mol. The lowest BCUT2D eigenvalue weighted by Crippen LogP contribution is -2.44. The average Bonchev–Trinajstić information content (AvgIpc) is 2.61. The van der Waals surface area contributed by atoms with Crippen LogP contribution in [-0.4, -0.2) is 46.7 Å². The predicted octanol–water partition coefficient (Wildman–Crippen LogP) is 1.51. The summed E-state index contributed by atoms with van der Waals surface area (Å²) in [6.45, 7) is 5.38. The normalized spacial score (nSPS) is 20.2. The number of aromatic nitrogens is 2. The molecule has 1 N–H and O–H groups in total. The zero-order valence-corrected chi connectivity index (χ0v) is 15.0. The summed E-state index contributed by atoms with van der Waals surface area (Å²) in [7, 11) is 0. The molecule has 0 bridgehead atoms. The Balaban J connectivity index is 1.60. The number of nitrogens with zero attached hydrogens (tertiary/aromatic N) is 2. The van der Waals surface area contributed by atoms with E-state index in [1.54, 1.807) is 29.2 Å². The van der Waals surface area contributed by atoms with Crippen molar-refractivity contribution >= 4 is 22.6 Å². The lowest BCUT2D eigenvalue weighted by Gasteiger charge is -2.34. The number of H-pyrrole nitrogens is 1. The van der Waals surface area contributed by atoms with Crippen molar-refractivity contribution in [1.29, 1.82) is 0 Å². The number of nitrogens with one attached hydrogen (secondary N) is 1. The number of aromatic amines is 1. The number of hydrogen-bond donors (Lipinski definition) is 1. The standard InChI is InChI=1S/C19H23N3O4/c1-12-7-13(2)10-22(9-12)17(23)11-26-18(24)8-16-14-5-3-4-6-15(14)19(25)21-20-16/h3-6,12-13H,7-11H2,1-2H3,(H,21,25)/t12-,13-/m1/s1. The van der Waals surface area contributed by atoms with E-state index < -0.39 is 5.97 Å². The van der Waals surface area contributed by atoms with Crippen LogP contribution in [0.2, 0.25) is 0 Å². The van der Waals surface area contributed by atoms with Gasteiger partial charge in [0.25, 0.3) is 11.5 Å². The zero-order chi connectivity index (χ0) is 18.7. The summed E-state index contributed by atoms with van der Waals surface area (Å²) >= 11 is 0. The molecule has 2 heterocycles. The fraction of sp³-hybridized carbons (Fsp3) is 0.474. The first-order valence-electron chi connectivity index (χ1n) is 8.83. The minimum atomic E-state index is -0.541. The lowest BCUT2D eigenvalue weighted by molar-refractivity contribution is -0.152. The third kappa shape index (κ3) is 4.09. The Kier molecular flexibility index (Phi) is 5.35. The molecule has 1 aromatic carbocycles. The lowest BCUT2D eigenvalue weighted by atomic mass is 9.92. The smallest absolute Gasteiger partial charge is 0.312 e. The first kappa shape index (κ1) is 18.1. The van der Waals surface area contributed by atoms with Gasteiger partial charge in [-0.3, -0.25) is 14.4 Å². The summed E-state index contributed by atoms with van der Waals surface area (Å²) in [5.41, 5.74) is 0.124. The number of fused-ring (bicyclic) bond motifs is 1. The van der Waals surface area contributed by atoms with Crippen molar-refractivity contribution in [3.63, 3.8) is 0 Å². The van der Waals surface area contributed by atoms with Gasteiger partial charge in [-0.1, -0.05) is 32.0 Å². The van der Waals surface area contributed by atoms with Crippen molar-refractivity contribution in [2.75, 3.05) is 19.7 Å². The maximum absolute atomic E-state index is 12.3. The molecule has 2 atom stereocenters. The Bertz CT molecular complexity index is 866. The molecule has 7 heteroatoms. The molecule has 0 saturated carbocycles. The van der Waals surface area contributed by atoms with E-state index in [2.05, 4.69) is 24.0 Å². The van der Waals surface area contributed by atoms with Gasteiger partial charge in [0.15, 0.2) is 6.61 Å². The monoisotopic (exact) mass is 357 g/mol. The number of rotatable bonds is 4. The van der Waals surface area contributed by atoms with E-state index in [4.69, 9.17) is 4.74 Å². The molecule has 1 saturated heterocycles. The maximum Gasteiger partial charge on any atom is 0.312 e. The molecule has 1 aliphatic rings. The summed E-state index contributed by atoms with van der Waals surface area (Å²) in [4.78, 5) is 38.0.